The average molecular weight is 472 g/mol. The molecule has 1 aromatic heterocycles. The largest absolute Gasteiger partial charge is 0.508 e. The normalized spacial score (nSPS) is 21.8. The van der Waals surface area contributed by atoms with E-state index in [0.717, 1.165) is 52.0 Å². The van der Waals surface area contributed by atoms with Crippen LogP contribution in [0.3, 0.4) is 0 Å². The molecule has 2 fully saturated rings. The molecule has 1 amide bonds. The van der Waals surface area contributed by atoms with Crippen molar-refractivity contribution < 1.29 is 19.7 Å². The highest BCUT2D eigenvalue weighted by atomic mass is 16.5. The fourth-order valence-corrected chi connectivity index (χ4v) is 5.16. The lowest BCUT2D eigenvalue weighted by Crippen LogP contribution is -2.45. The van der Waals surface area contributed by atoms with Crippen LogP contribution in [0.2, 0.25) is 0 Å². The van der Waals surface area contributed by atoms with Crippen molar-refractivity contribution >= 4 is 5.91 Å². The van der Waals surface area contributed by atoms with Crippen molar-refractivity contribution in [2.45, 2.75) is 77.4 Å². The van der Waals surface area contributed by atoms with Crippen LogP contribution in [0.1, 0.15) is 81.5 Å². The molecule has 1 saturated heterocycles. The Hall–Kier alpha value is -2.65. The minimum Gasteiger partial charge on any atom is -0.508 e. The molecule has 1 aliphatic carbocycles. The number of amides is 1. The second-order valence-electron chi connectivity index (χ2n) is 10.0. The molecular weight excluding hydrogens is 434 g/mol. The molecule has 9 nitrogen and oxygen atoms in total. The van der Waals surface area contributed by atoms with Crippen molar-refractivity contribution in [2.75, 3.05) is 26.3 Å². The van der Waals surface area contributed by atoms with Gasteiger partial charge in [-0.05, 0) is 57.1 Å². The molecule has 2 heterocycles. The van der Waals surface area contributed by atoms with Crippen molar-refractivity contribution in [3.05, 3.63) is 23.5 Å². The van der Waals surface area contributed by atoms with Gasteiger partial charge in [0.25, 0.3) is 5.91 Å². The summed E-state index contributed by atoms with van der Waals surface area (Å²) in [7, 11) is 0. The Balaban J connectivity index is 1.69. The first kappa shape index (κ1) is 24.5. The molecule has 3 N–H and O–H groups in total. The van der Waals surface area contributed by atoms with E-state index in [0.29, 0.717) is 23.0 Å². The number of rotatable bonds is 6. The van der Waals surface area contributed by atoms with E-state index in [1.807, 2.05) is 32.3 Å². The van der Waals surface area contributed by atoms with Crippen LogP contribution in [-0.2, 0) is 4.74 Å². The maximum Gasteiger partial charge on any atom is 0.289 e. The fourth-order valence-electron chi connectivity index (χ4n) is 5.16. The predicted octanol–water partition coefficient (Wildman–Crippen LogP) is 3.43. The zero-order chi connectivity index (χ0) is 24.4. The molecule has 2 aliphatic rings. The van der Waals surface area contributed by atoms with Gasteiger partial charge in [-0.3, -0.25) is 14.3 Å². The predicted molar refractivity (Wildman–Crippen MR) is 129 cm³/mol. The first-order valence-electron chi connectivity index (χ1n) is 12.4. The van der Waals surface area contributed by atoms with E-state index in [-0.39, 0.29) is 41.2 Å². The number of carbonyl (C=O) groups excluding carboxylic acids is 1. The number of aromatic nitrogens is 3. The molecule has 0 unspecified atom stereocenters. The second kappa shape index (κ2) is 10.3. The van der Waals surface area contributed by atoms with Gasteiger partial charge in [0.1, 0.15) is 11.5 Å². The molecule has 34 heavy (non-hydrogen) atoms. The molecule has 4 rings (SSSR count). The standard InChI is InChI=1S/C25H37N5O4/c1-15(2)19-13-20(22(32)14-21(19)31)23-27-28-24(25(33)26-16(3)4)30(23)18-7-5-17(6-8-18)29-9-11-34-12-10-29/h13-18,31-32H,5-12H2,1-4H3,(H,26,33). The Morgan fingerprint density at radius 1 is 1.00 bits per heavy atom. The van der Waals surface area contributed by atoms with E-state index in [4.69, 9.17) is 4.74 Å². The van der Waals surface area contributed by atoms with Gasteiger partial charge in [0.2, 0.25) is 5.82 Å². The van der Waals surface area contributed by atoms with Crippen LogP contribution < -0.4 is 5.32 Å². The lowest BCUT2D eigenvalue weighted by atomic mass is 9.89. The van der Waals surface area contributed by atoms with Crippen molar-refractivity contribution in [2.24, 2.45) is 0 Å². The van der Waals surface area contributed by atoms with E-state index in [9.17, 15) is 15.0 Å². The summed E-state index contributed by atoms with van der Waals surface area (Å²) in [4.78, 5) is 15.5. The Kier molecular flexibility index (Phi) is 7.42. The number of ether oxygens (including phenoxy) is 1. The van der Waals surface area contributed by atoms with Crippen molar-refractivity contribution in [1.29, 1.82) is 0 Å². The van der Waals surface area contributed by atoms with Crippen LogP contribution in [-0.4, -0.2) is 74.2 Å². The van der Waals surface area contributed by atoms with E-state index >= 15 is 0 Å². The van der Waals surface area contributed by atoms with Crippen molar-refractivity contribution in [3.8, 4) is 22.9 Å². The molecule has 1 aliphatic heterocycles. The number of aromatic hydroxyl groups is 2. The minimum absolute atomic E-state index is 0.0345. The first-order valence-corrected chi connectivity index (χ1v) is 12.4. The van der Waals surface area contributed by atoms with Crippen LogP contribution in [0, 0.1) is 0 Å². The molecule has 9 heteroatoms. The molecule has 1 aromatic carbocycles. The first-order chi connectivity index (χ1) is 16.3. The fraction of sp³-hybridized carbons (Fsp3) is 0.640. The van der Waals surface area contributed by atoms with Crippen LogP contribution >= 0.6 is 0 Å². The summed E-state index contributed by atoms with van der Waals surface area (Å²) in [5.41, 5.74) is 1.19. The van der Waals surface area contributed by atoms with Crippen LogP contribution in [0.5, 0.6) is 11.5 Å². The van der Waals surface area contributed by atoms with Crippen LogP contribution in [0.15, 0.2) is 12.1 Å². The molecular formula is C25H37N5O4. The smallest absolute Gasteiger partial charge is 0.289 e. The SMILES string of the molecule is CC(C)NC(=O)c1nnc(-c2cc(C(C)C)c(O)cc2O)n1C1CCC(N2CCOCC2)CC1. The molecule has 186 valence electrons. The Bertz CT molecular complexity index is 1000. The molecule has 0 bridgehead atoms. The van der Waals surface area contributed by atoms with Gasteiger partial charge >= 0.3 is 0 Å². The maximum absolute atomic E-state index is 13.0. The van der Waals surface area contributed by atoms with Crippen molar-refractivity contribution in [3.63, 3.8) is 0 Å². The summed E-state index contributed by atoms with van der Waals surface area (Å²) in [5, 5.41) is 32.6. The number of carbonyl (C=O) groups is 1. The number of phenolic OH excluding ortho intramolecular Hbond substituents is 2. The van der Waals surface area contributed by atoms with Gasteiger partial charge in [0, 0.05) is 37.3 Å². The summed E-state index contributed by atoms with van der Waals surface area (Å²) in [5.74, 6) is 0.481. The van der Waals surface area contributed by atoms with Crippen LogP contribution in [0.4, 0.5) is 0 Å². The van der Waals surface area contributed by atoms with Gasteiger partial charge in [0.15, 0.2) is 5.82 Å². The molecule has 0 spiro atoms. The number of morpholine rings is 1. The Morgan fingerprint density at radius 3 is 2.26 bits per heavy atom. The zero-order valence-corrected chi connectivity index (χ0v) is 20.6. The summed E-state index contributed by atoms with van der Waals surface area (Å²) in [6.45, 7) is 11.3. The highest BCUT2D eigenvalue weighted by Crippen LogP contribution is 2.40. The van der Waals surface area contributed by atoms with E-state index in [1.54, 1.807) is 6.07 Å². The maximum atomic E-state index is 13.0. The number of nitrogens with zero attached hydrogens (tertiary/aromatic N) is 4. The quantitative estimate of drug-likeness (QED) is 0.592. The van der Waals surface area contributed by atoms with Gasteiger partial charge < -0.3 is 20.3 Å². The van der Waals surface area contributed by atoms with Gasteiger partial charge in [-0.1, -0.05) is 13.8 Å². The summed E-state index contributed by atoms with van der Waals surface area (Å²) >= 11 is 0. The van der Waals surface area contributed by atoms with E-state index in [1.165, 1.54) is 6.07 Å². The lowest BCUT2D eigenvalue weighted by Gasteiger charge is -2.39. The summed E-state index contributed by atoms with van der Waals surface area (Å²) < 4.78 is 7.41. The van der Waals surface area contributed by atoms with Gasteiger partial charge in [0.05, 0.1) is 18.8 Å². The molecule has 2 aromatic rings. The van der Waals surface area contributed by atoms with E-state index < -0.39 is 0 Å². The molecule has 1 saturated carbocycles. The van der Waals surface area contributed by atoms with Gasteiger partial charge in [-0.25, -0.2) is 0 Å². The number of phenols is 2. The number of benzene rings is 1. The summed E-state index contributed by atoms with van der Waals surface area (Å²) in [6.07, 6.45) is 3.83. The number of hydrogen-bond donors (Lipinski definition) is 3. The highest BCUT2D eigenvalue weighted by molar-refractivity contribution is 5.91. The Morgan fingerprint density at radius 2 is 1.65 bits per heavy atom. The number of nitrogens with one attached hydrogen (secondary N) is 1. The monoisotopic (exact) mass is 471 g/mol. The topological polar surface area (TPSA) is 113 Å². The minimum atomic E-state index is -0.272. The van der Waals surface area contributed by atoms with Crippen LogP contribution in [0.25, 0.3) is 11.4 Å². The second-order valence-corrected chi connectivity index (χ2v) is 10.0. The summed E-state index contributed by atoms with van der Waals surface area (Å²) in [6, 6.07) is 3.65. The van der Waals surface area contributed by atoms with Crippen molar-refractivity contribution in [1.82, 2.24) is 25.0 Å². The highest BCUT2D eigenvalue weighted by Gasteiger charge is 2.33. The third-order valence-corrected chi connectivity index (χ3v) is 6.92. The number of hydrogen-bond acceptors (Lipinski definition) is 7. The zero-order valence-electron chi connectivity index (χ0n) is 20.6. The molecule has 0 atom stereocenters. The third-order valence-electron chi connectivity index (χ3n) is 6.92. The Labute approximate surface area is 201 Å². The molecule has 0 radical (unpaired) electrons. The van der Waals surface area contributed by atoms with E-state index in [2.05, 4.69) is 20.4 Å². The lowest BCUT2D eigenvalue weighted by molar-refractivity contribution is 0.00541. The third kappa shape index (κ3) is 5.05. The van der Waals surface area contributed by atoms with Gasteiger partial charge in [-0.2, -0.15) is 0 Å². The average Bonchev–Trinajstić information content (AvgIpc) is 3.24. The van der Waals surface area contributed by atoms with Gasteiger partial charge in [-0.15, -0.1) is 10.2 Å².